The molecule has 1 N–H and O–H groups in total. The number of unbranched alkanes of at least 4 members (excludes halogenated alkanes) is 2. The molecule has 0 bridgehead atoms. The van der Waals surface area contributed by atoms with Crippen molar-refractivity contribution < 1.29 is 33.2 Å². The largest absolute Gasteiger partial charge is 0.459 e. The summed E-state index contributed by atoms with van der Waals surface area (Å²) in [5, 5.41) is 17.8. The summed E-state index contributed by atoms with van der Waals surface area (Å²) in [7, 11) is -1.34. The molecule has 9 nitrogen and oxygen atoms in total. The predicted molar refractivity (Wildman–Crippen MR) is 127 cm³/mol. The highest BCUT2D eigenvalue weighted by molar-refractivity contribution is 7.44. The first-order valence-electron chi connectivity index (χ1n) is 11.8. The van der Waals surface area contributed by atoms with Gasteiger partial charge in [0, 0.05) is 32.5 Å². The average Bonchev–Trinajstić information content (AvgIpc) is 2.71. The van der Waals surface area contributed by atoms with Gasteiger partial charge in [-0.05, 0) is 59.8 Å². The van der Waals surface area contributed by atoms with Crippen LogP contribution >= 0.6 is 8.53 Å². The lowest BCUT2D eigenvalue weighted by molar-refractivity contribution is -0.166. The third kappa shape index (κ3) is 15.3. The second-order valence-corrected chi connectivity index (χ2v) is 9.84. The lowest BCUT2D eigenvalue weighted by Gasteiger charge is -2.35. The number of esters is 2. The summed E-state index contributed by atoms with van der Waals surface area (Å²) in [5.74, 6) is -0.851. The standard InChI is InChI=1S/C23H43N2O7P/c1-18(2)25(19(3)4)33(30-17-11-14-24)29-16-10-13-23(32-21(6)28)22(31-20(5)27)12-8-7-9-15-26/h18-19,22-23,26H,7-13,15-17H2,1-6H3. The molecule has 0 rings (SSSR count). The number of hydrogen-bond acceptors (Lipinski definition) is 9. The molecule has 3 atom stereocenters. The Bertz CT molecular complexity index is 576. The molecule has 0 aliphatic rings. The zero-order chi connectivity index (χ0) is 25.2. The summed E-state index contributed by atoms with van der Waals surface area (Å²) >= 11 is 0. The maximum Gasteiger partial charge on any atom is 0.303 e. The van der Waals surface area contributed by atoms with E-state index in [1.165, 1.54) is 13.8 Å². The molecule has 0 saturated carbocycles. The quantitative estimate of drug-likeness (QED) is 0.159. The molecule has 0 saturated heterocycles. The zero-order valence-electron chi connectivity index (χ0n) is 21.1. The van der Waals surface area contributed by atoms with Crippen LogP contribution in [0.1, 0.15) is 86.5 Å². The highest BCUT2D eigenvalue weighted by Gasteiger charge is 2.29. The van der Waals surface area contributed by atoms with Crippen molar-refractivity contribution in [2.75, 3.05) is 19.8 Å². The second kappa shape index (κ2) is 19.1. The predicted octanol–water partition coefficient (Wildman–Crippen LogP) is 4.48. The van der Waals surface area contributed by atoms with Gasteiger partial charge in [0.25, 0.3) is 8.53 Å². The molecule has 192 valence electrons. The molecule has 0 amide bonds. The van der Waals surface area contributed by atoms with Crippen LogP contribution < -0.4 is 0 Å². The maximum atomic E-state index is 11.7. The Hall–Kier alpha value is -1.30. The normalized spacial score (nSPS) is 14.2. The van der Waals surface area contributed by atoms with Crippen LogP contribution in [0, 0.1) is 11.3 Å². The Kier molecular flexibility index (Phi) is 18.3. The monoisotopic (exact) mass is 490 g/mol. The number of aliphatic hydroxyl groups is 1. The van der Waals surface area contributed by atoms with Crippen molar-refractivity contribution in [2.24, 2.45) is 0 Å². The van der Waals surface area contributed by atoms with Crippen LogP contribution in [-0.2, 0) is 28.1 Å². The van der Waals surface area contributed by atoms with Crippen molar-refractivity contribution in [3.05, 3.63) is 0 Å². The van der Waals surface area contributed by atoms with E-state index in [0.717, 1.165) is 12.8 Å². The van der Waals surface area contributed by atoms with Gasteiger partial charge in [0.1, 0.15) is 12.2 Å². The van der Waals surface area contributed by atoms with Crippen LogP contribution in [0.15, 0.2) is 0 Å². The highest BCUT2D eigenvalue weighted by Crippen LogP contribution is 2.46. The van der Waals surface area contributed by atoms with E-state index < -0.39 is 32.7 Å². The third-order valence-electron chi connectivity index (χ3n) is 4.69. The summed E-state index contributed by atoms with van der Waals surface area (Å²) in [4.78, 5) is 23.3. The molecule has 0 fully saturated rings. The molecule has 0 aliphatic carbocycles. The first-order chi connectivity index (χ1) is 15.6. The molecular formula is C23H43N2O7P. The number of aliphatic hydroxyl groups excluding tert-OH is 1. The summed E-state index contributed by atoms with van der Waals surface area (Å²) in [6, 6.07) is 2.50. The van der Waals surface area contributed by atoms with E-state index in [4.69, 9.17) is 28.9 Å². The minimum Gasteiger partial charge on any atom is -0.459 e. The van der Waals surface area contributed by atoms with Gasteiger partial charge in [-0.25, -0.2) is 4.67 Å². The number of nitrogens with zero attached hydrogens (tertiary/aromatic N) is 2. The number of rotatable bonds is 19. The maximum absolute atomic E-state index is 11.7. The molecule has 0 spiro atoms. The van der Waals surface area contributed by atoms with Crippen LogP contribution in [0.3, 0.4) is 0 Å². The van der Waals surface area contributed by atoms with Gasteiger partial charge in [-0.15, -0.1) is 0 Å². The molecule has 33 heavy (non-hydrogen) atoms. The topological polar surface area (TPSA) is 118 Å². The van der Waals surface area contributed by atoms with Crippen LogP contribution in [0.4, 0.5) is 0 Å². The SMILES string of the molecule is CC(=O)OC(CCCCCO)C(CCCOP(OCCC#N)N(C(C)C)C(C)C)OC(C)=O. The molecule has 3 unspecified atom stereocenters. The minimum atomic E-state index is -1.34. The van der Waals surface area contributed by atoms with Crippen molar-refractivity contribution in [1.29, 1.82) is 5.26 Å². The molecule has 0 aromatic rings. The molecule has 0 heterocycles. The molecule has 0 aliphatic heterocycles. The lowest BCUT2D eigenvalue weighted by atomic mass is 10.0. The van der Waals surface area contributed by atoms with Crippen molar-refractivity contribution in [3.8, 4) is 6.07 Å². The van der Waals surface area contributed by atoms with Gasteiger partial charge in [0.05, 0.1) is 25.7 Å². The van der Waals surface area contributed by atoms with E-state index in [0.29, 0.717) is 45.3 Å². The van der Waals surface area contributed by atoms with Gasteiger partial charge in [-0.1, -0.05) is 6.42 Å². The van der Waals surface area contributed by atoms with E-state index in [1.807, 2.05) is 0 Å². The van der Waals surface area contributed by atoms with Gasteiger partial charge in [-0.2, -0.15) is 5.26 Å². The number of nitriles is 1. The Balaban J connectivity index is 5.06. The van der Waals surface area contributed by atoms with Crippen molar-refractivity contribution in [1.82, 2.24) is 4.67 Å². The summed E-state index contributed by atoms with van der Waals surface area (Å²) in [6.07, 6.45) is 3.02. The van der Waals surface area contributed by atoms with E-state index in [1.54, 1.807) is 0 Å². The third-order valence-corrected chi connectivity index (χ3v) is 6.80. The Morgan fingerprint density at radius 1 is 0.879 bits per heavy atom. The minimum absolute atomic E-state index is 0.117. The second-order valence-electron chi connectivity index (χ2n) is 8.39. The molecule has 0 aromatic carbocycles. The van der Waals surface area contributed by atoms with E-state index in [2.05, 4.69) is 38.4 Å². The Morgan fingerprint density at radius 3 is 1.85 bits per heavy atom. The highest BCUT2D eigenvalue weighted by atomic mass is 31.2. The van der Waals surface area contributed by atoms with Gasteiger partial charge >= 0.3 is 11.9 Å². The first-order valence-corrected chi connectivity index (χ1v) is 12.9. The number of ether oxygens (including phenoxy) is 2. The summed E-state index contributed by atoms with van der Waals surface area (Å²) in [5.41, 5.74) is 0. The fourth-order valence-corrected chi connectivity index (χ4v) is 5.07. The van der Waals surface area contributed by atoms with Gasteiger partial charge in [-0.3, -0.25) is 9.59 Å². The van der Waals surface area contributed by atoms with Crippen molar-refractivity contribution in [2.45, 2.75) is 111 Å². The van der Waals surface area contributed by atoms with Gasteiger partial charge < -0.3 is 23.6 Å². The molecule has 0 aromatic heterocycles. The zero-order valence-corrected chi connectivity index (χ0v) is 22.0. The van der Waals surface area contributed by atoms with Crippen molar-refractivity contribution in [3.63, 3.8) is 0 Å². The van der Waals surface area contributed by atoms with Crippen LogP contribution in [0.5, 0.6) is 0 Å². The Morgan fingerprint density at radius 2 is 1.39 bits per heavy atom. The number of hydrogen-bond donors (Lipinski definition) is 1. The summed E-state index contributed by atoms with van der Waals surface area (Å²) < 4.78 is 25.1. The van der Waals surface area contributed by atoms with Gasteiger partial charge in [0.2, 0.25) is 0 Å². The molecule has 0 radical (unpaired) electrons. The number of carbonyl (C=O) groups is 2. The van der Waals surface area contributed by atoms with E-state index in [-0.39, 0.29) is 18.7 Å². The van der Waals surface area contributed by atoms with Crippen LogP contribution in [-0.4, -0.2) is 65.8 Å². The Labute approximate surface area is 200 Å². The molecular weight excluding hydrogens is 447 g/mol. The van der Waals surface area contributed by atoms with Crippen molar-refractivity contribution >= 4 is 20.5 Å². The van der Waals surface area contributed by atoms with Crippen LogP contribution in [0.25, 0.3) is 0 Å². The first kappa shape index (κ1) is 31.7. The lowest BCUT2D eigenvalue weighted by Crippen LogP contribution is -2.35. The average molecular weight is 491 g/mol. The fourth-order valence-electron chi connectivity index (χ4n) is 3.44. The number of carbonyl (C=O) groups excluding carboxylic acids is 2. The van der Waals surface area contributed by atoms with Crippen LogP contribution in [0.2, 0.25) is 0 Å². The molecule has 10 heteroatoms. The van der Waals surface area contributed by atoms with E-state index >= 15 is 0 Å². The summed E-state index contributed by atoms with van der Waals surface area (Å²) in [6.45, 7) is 11.8. The van der Waals surface area contributed by atoms with Gasteiger partial charge in [0.15, 0.2) is 0 Å². The van der Waals surface area contributed by atoms with E-state index in [9.17, 15) is 9.59 Å². The fraction of sp³-hybridized carbons (Fsp3) is 0.870. The smallest absolute Gasteiger partial charge is 0.303 e.